The molecule has 4 aliphatic carbocycles. The van der Waals surface area contributed by atoms with Crippen LogP contribution in [0.5, 0.6) is 17.2 Å². The normalized spacial score (nSPS) is 31.5. The first-order valence-electron chi connectivity index (χ1n) is 23.8. The molecular formula is C55H64O8. The number of benzene rings is 3. The van der Waals surface area contributed by atoms with Crippen molar-refractivity contribution in [1.29, 1.82) is 0 Å². The Morgan fingerprint density at radius 1 is 0.698 bits per heavy atom. The van der Waals surface area contributed by atoms with Crippen molar-refractivity contribution in [2.24, 2.45) is 52.3 Å². The van der Waals surface area contributed by atoms with Crippen LogP contribution in [0.1, 0.15) is 172 Å². The van der Waals surface area contributed by atoms with E-state index < -0.39 is 23.9 Å². The molecule has 4 fully saturated rings. The number of esters is 4. The SMILES string of the molecule is C/C=C\C(=C/CC1(c2ccc(Oc3ccc4c(c3)C(=O)OC4=O)cc2)CCC2(C)C(CCC3C2CCC2(C)C(C(C)CCCC(C)C)CCC32)C1)Oc1ccc2c(c1)C(=O)OC2=O. The van der Waals surface area contributed by atoms with Crippen molar-refractivity contribution in [1.82, 2.24) is 0 Å². The maximum atomic E-state index is 12.4. The molecule has 6 aliphatic rings. The molecule has 0 aromatic heterocycles. The summed E-state index contributed by atoms with van der Waals surface area (Å²) in [4.78, 5) is 48.8. The van der Waals surface area contributed by atoms with Gasteiger partial charge in [-0.3, -0.25) is 0 Å². The van der Waals surface area contributed by atoms with E-state index in [1.165, 1.54) is 69.8 Å². The number of rotatable bonds is 13. The molecule has 9 unspecified atom stereocenters. The van der Waals surface area contributed by atoms with Crippen molar-refractivity contribution in [2.75, 3.05) is 0 Å². The second kappa shape index (κ2) is 16.9. The van der Waals surface area contributed by atoms with Gasteiger partial charge in [0.25, 0.3) is 0 Å². The van der Waals surface area contributed by atoms with Gasteiger partial charge in [0.15, 0.2) is 0 Å². The van der Waals surface area contributed by atoms with Gasteiger partial charge in [0, 0.05) is 0 Å². The summed E-state index contributed by atoms with van der Waals surface area (Å²) in [6.07, 6.45) is 22.4. The summed E-state index contributed by atoms with van der Waals surface area (Å²) in [6, 6.07) is 18.2. The third-order valence-electron chi connectivity index (χ3n) is 17.2. The minimum atomic E-state index is -0.657. The first-order chi connectivity index (χ1) is 30.2. The molecule has 9 atom stereocenters. The van der Waals surface area contributed by atoms with Crippen LogP contribution in [-0.2, 0) is 14.9 Å². The Morgan fingerprint density at radius 2 is 1.33 bits per heavy atom. The van der Waals surface area contributed by atoms with Gasteiger partial charge >= 0.3 is 23.9 Å². The van der Waals surface area contributed by atoms with E-state index in [0.29, 0.717) is 34.3 Å². The van der Waals surface area contributed by atoms with E-state index in [1.807, 2.05) is 31.2 Å². The molecule has 2 aliphatic heterocycles. The fraction of sp³-hybridized carbons (Fsp3) is 0.527. The Hall–Kier alpha value is -4.98. The molecule has 0 radical (unpaired) electrons. The third-order valence-corrected chi connectivity index (χ3v) is 17.2. The number of fused-ring (bicyclic) bond motifs is 7. The van der Waals surface area contributed by atoms with Crippen molar-refractivity contribution < 1.29 is 38.1 Å². The fourth-order valence-corrected chi connectivity index (χ4v) is 13.9. The molecule has 0 saturated heterocycles. The van der Waals surface area contributed by atoms with Crippen LogP contribution in [0.4, 0.5) is 0 Å². The van der Waals surface area contributed by atoms with E-state index in [1.54, 1.807) is 36.4 Å². The molecule has 8 nitrogen and oxygen atoms in total. The van der Waals surface area contributed by atoms with Crippen LogP contribution in [0.3, 0.4) is 0 Å². The summed E-state index contributed by atoms with van der Waals surface area (Å²) >= 11 is 0. The molecule has 8 heteroatoms. The second-order valence-corrected chi connectivity index (χ2v) is 21.0. The first-order valence-corrected chi connectivity index (χ1v) is 23.8. The van der Waals surface area contributed by atoms with E-state index in [-0.39, 0.29) is 33.1 Å². The summed E-state index contributed by atoms with van der Waals surface area (Å²) in [7, 11) is 0. The number of hydrogen-bond donors (Lipinski definition) is 0. The standard InChI is InChI=1S/C55H64O8/c1-7-9-37(60-39-17-20-41-44(30-39)51(58)62-49(41)56)24-27-55(35-12-15-38(16-13-35)61-40-18-21-42-45(31-40)52(59)63-50(42)57)29-28-53(5)36(32-55)14-19-43-47-23-22-46(34(4)11-8-10-33(2)3)54(47,6)26-25-48(43)53/h7,9,12-13,15-18,20-21,24,30-31,33-34,36,43,46-48H,8,10-11,14,19,22-23,25-29,32H2,1-6H3/b9-7-,37-24+. The van der Waals surface area contributed by atoms with Gasteiger partial charge in [-0.1, -0.05) is 72.1 Å². The number of allylic oxidation sites excluding steroid dienone is 3. The zero-order chi connectivity index (χ0) is 44.3. The molecule has 0 amide bonds. The molecule has 3 aromatic carbocycles. The van der Waals surface area contributed by atoms with Crippen molar-refractivity contribution in [3.05, 3.63) is 112 Å². The van der Waals surface area contributed by atoms with Gasteiger partial charge in [0.1, 0.15) is 23.0 Å². The van der Waals surface area contributed by atoms with E-state index in [9.17, 15) is 19.2 Å². The molecule has 0 bridgehead atoms. The molecule has 63 heavy (non-hydrogen) atoms. The summed E-state index contributed by atoms with van der Waals surface area (Å²) in [5.41, 5.74) is 2.80. The van der Waals surface area contributed by atoms with Crippen molar-refractivity contribution in [3.8, 4) is 17.2 Å². The van der Waals surface area contributed by atoms with E-state index in [0.717, 1.165) is 54.8 Å². The molecule has 0 N–H and O–H groups in total. The lowest BCUT2D eigenvalue weighted by molar-refractivity contribution is -0.124. The predicted octanol–water partition coefficient (Wildman–Crippen LogP) is 13.4. The lowest BCUT2D eigenvalue weighted by atomic mass is 9.42. The average Bonchev–Trinajstić information content (AvgIpc) is 3.87. The highest BCUT2D eigenvalue weighted by Gasteiger charge is 2.61. The molecule has 4 saturated carbocycles. The van der Waals surface area contributed by atoms with E-state index >= 15 is 0 Å². The second-order valence-electron chi connectivity index (χ2n) is 21.0. The maximum absolute atomic E-state index is 12.4. The minimum Gasteiger partial charge on any atom is -0.458 e. The first kappa shape index (κ1) is 43.3. The highest BCUT2D eigenvalue weighted by molar-refractivity contribution is 6.15. The number of cyclic esters (lactones) is 4. The van der Waals surface area contributed by atoms with Crippen molar-refractivity contribution in [3.63, 3.8) is 0 Å². The van der Waals surface area contributed by atoms with Gasteiger partial charge in [-0.05, 0) is 195 Å². The molecule has 9 rings (SSSR count). The quantitative estimate of drug-likeness (QED) is 0.0724. The Morgan fingerprint density at radius 3 is 2.02 bits per heavy atom. The van der Waals surface area contributed by atoms with Gasteiger partial charge in [0.05, 0.1) is 22.3 Å². The van der Waals surface area contributed by atoms with E-state index in [4.69, 9.17) is 18.9 Å². The molecule has 0 spiro atoms. The van der Waals surface area contributed by atoms with Crippen molar-refractivity contribution in [2.45, 2.75) is 130 Å². The zero-order valence-corrected chi connectivity index (χ0v) is 38.0. The zero-order valence-electron chi connectivity index (χ0n) is 38.0. The smallest absolute Gasteiger partial charge is 0.347 e. The largest absolute Gasteiger partial charge is 0.458 e. The van der Waals surface area contributed by atoms with Gasteiger partial charge in [-0.2, -0.15) is 0 Å². The summed E-state index contributed by atoms with van der Waals surface area (Å²) in [5, 5.41) is 0. The number of ether oxygens (including phenoxy) is 4. The van der Waals surface area contributed by atoms with Crippen LogP contribution in [0, 0.1) is 52.3 Å². The highest BCUT2D eigenvalue weighted by Crippen LogP contribution is 2.70. The maximum Gasteiger partial charge on any atom is 0.347 e. The molecular weight excluding hydrogens is 789 g/mol. The van der Waals surface area contributed by atoms with Gasteiger partial charge < -0.3 is 18.9 Å². The monoisotopic (exact) mass is 852 g/mol. The topological polar surface area (TPSA) is 105 Å². The Labute approximate surface area is 373 Å². The van der Waals surface area contributed by atoms with Gasteiger partial charge in [-0.15, -0.1) is 0 Å². The van der Waals surface area contributed by atoms with Gasteiger partial charge in [0.2, 0.25) is 0 Å². The molecule has 3 aromatic rings. The predicted molar refractivity (Wildman–Crippen MR) is 242 cm³/mol. The molecule has 332 valence electrons. The Kier molecular flexibility index (Phi) is 11.6. The van der Waals surface area contributed by atoms with Gasteiger partial charge in [-0.25, -0.2) is 19.2 Å². The lowest BCUT2D eigenvalue weighted by Crippen LogP contribution is -2.55. The van der Waals surface area contributed by atoms with Crippen LogP contribution in [-0.4, -0.2) is 23.9 Å². The van der Waals surface area contributed by atoms with Crippen LogP contribution in [0.15, 0.2) is 84.7 Å². The average molecular weight is 853 g/mol. The Balaban J connectivity index is 0.978. The summed E-state index contributed by atoms with van der Waals surface area (Å²) < 4.78 is 22.3. The summed E-state index contributed by atoms with van der Waals surface area (Å²) in [5.74, 6) is 5.13. The highest BCUT2D eigenvalue weighted by atomic mass is 16.6. The summed E-state index contributed by atoms with van der Waals surface area (Å²) in [6.45, 7) is 14.6. The van der Waals surface area contributed by atoms with Crippen LogP contribution in [0.2, 0.25) is 0 Å². The molecule has 2 heterocycles. The number of carbonyl (C=O) groups is 4. The number of carbonyl (C=O) groups excluding carboxylic acids is 4. The van der Waals surface area contributed by atoms with Crippen LogP contribution >= 0.6 is 0 Å². The number of hydrogen-bond acceptors (Lipinski definition) is 8. The van der Waals surface area contributed by atoms with E-state index in [2.05, 4.69) is 52.8 Å². The fourth-order valence-electron chi connectivity index (χ4n) is 13.9. The Bertz CT molecular complexity index is 2360. The lowest BCUT2D eigenvalue weighted by Gasteiger charge is -2.63. The van der Waals surface area contributed by atoms with Crippen LogP contribution < -0.4 is 9.47 Å². The van der Waals surface area contributed by atoms with Crippen LogP contribution in [0.25, 0.3) is 0 Å². The minimum absolute atomic E-state index is 0.162. The van der Waals surface area contributed by atoms with Crippen molar-refractivity contribution >= 4 is 23.9 Å². The third kappa shape index (κ3) is 7.88.